The van der Waals surface area contributed by atoms with Crippen LogP contribution in [0.4, 0.5) is 0 Å². The molecule has 0 N–H and O–H groups in total. The van der Waals surface area contributed by atoms with Crippen molar-refractivity contribution in [3.63, 3.8) is 0 Å². The van der Waals surface area contributed by atoms with Crippen molar-refractivity contribution in [3.8, 4) is 0 Å². The largest absolute Gasteiger partial charge is 0.376 e. The second-order valence-corrected chi connectivity index (χ2v) is 7.02. The Morgan fingerprint density at radius 1 is 1.38 bits per heavy atom. The van der Waals surface area contributed by atoms with E-state index in [0.29, 0.717) is 18.7 Å². The number of aromatic nitrogens is 2. The quantitative estimate of drug-likeness (QED) is 0.716. The Hall–Kier alpha value is -2.18. The first-order chi connectivity index (χ1) is 11.8. The Morgan fingerprint density at radius 3 is 3.12 bits per heavy atom. The first-order valence-corrected chi connectivity index (χ1v) is 9.05. The monoisotopic (exact) mass is 341 g/mol. The van der Waals surface area contributed by atoms with Crippen LogP contribution in [-0.2, 0) is 11.3 Å². The van der Waals surface area contributed by atoms with E-state index in [9.17, 15) is 4.79 Å². The van der Waals surface area contributed by atoms with Gasteiger partial charge in [-0.1, -0.05) is 12.1 Å². The van der Waals surface area contributed by atoms with Gasteiger partial charge in [-0.25, -0.2) is 4.52 Å². The van der Waals surface area contributed by atoms with E-state index in [1.165, 1.54) is 4.88 Å². The number of rotatable bonds is 5. The fourth-order valence-corrected chi connectivity index (χ4v) is 3.83. The number of fused-ring (bicyclic) bond motifs is 1. The molecule has 1 amide bonds. The minimum absolute atomic E-state index is 0.0140. The standard InChI is InChI=1S/C18H19N3O2S/c22-18(16-11-19-21-8-2-1-7-17(16)21)20(12-14-5-3-9-23-14)13-15-6-4-10-24-15/h1-2,4,6-8,10-11,14H,3,5,9,12-13H2. The van der Waals surface area contributed by atoms with Gasteiger partial charge in [0.25, 0.3) is 5.91 Å². The Kier molecular flexibility index (Phi) is 4.32. The SMILES string of the molecule is O=C(c1cnn2ccccc12)N(Cc1cccs1)CC1CCCO1. The van der Waals surface area contributed by atoms with E-state index in [1.54, 1.807) is 22.0 Å². The fourth-order valence-electron chi connectivity index (χ4n) is 3.11. The van der Waals surface area contributed by atoms with Gasteiger partial charge in [-0.15, -0.1) is 11.3 Å². The van der Waals surface area contributed by atoms with E-state index in [-0.39, 0.29) is 12.0 Å². The Balaban J connectivity index is 1.62. The highest BCUT2D eigenvalue weighted by molar-refractivity contribution is 7.09. The zero-order valence-corrected chi connectivity index (χ0v) is 14.1. The zero-order chi connectivity index (χ0) is 16.4. The van der Waals surface area contributed by atoms with Crippen molar-refractivity contribution < 1.29 is 9.53 Å². The molecular weight excluding hydrogens is 322 g/mol. The topological polar surface area (TPSA) is 46.8 Å². The van der Waals surface area contributed by atoms with Gasteiger partial charge in [-0.2, -0.15) is 5.10 Å². The maximum Gasteiger partial charge on any atom is 0.258 e. The molecule has 4 rings (SSSR count). The average molecular weight is 341 g/mol. The molecule has 4 heterocycles. The Labute approximate surface area is 144 Å². The summed E-state index contributed by atoms with van der Waals surface area (Å²) < 4.78 is 7.49. The number of thiophene rings is 1. The molecule has 3 aromatic heterocycles. The van der Waals surface area contributed by atoms with Crippen LogP contribution in [0.2, 0.25) is 0 Å². The summed E-state index contributed by atoms with van der Waals surface area (Å²) in [5, 5.41) is 6.33. The number of nitrogens with zero attached hydrogens (tertiary/aromatic N) is 3. The lowest BCUT2D eigenvalue weighted by atomic mass is 10.2. The summed E-state index contributed by atoms with van der Waals surface area (Å²) in [6.45, 7) is 2.03. The molecule has 1 unspecified atom stereocenters. The van der Waals surface area contributed by atoms with Crippen LogP contribution in [0.25, 0.3) is 5.52 Å². The molecule has 124 valence electrons. The maximum atomic E-state index is 13.2. The van der Waals surface area contributed by atoms with E-state index < -0.39 is 0 Å². The molecule has 24 heavy (non-hydrogen) atoms. The molecule has 1 fully saturated rings. The minimum atomic E-state index is 0.0140. The van der Waals surface area contributed by atoms with Crippen LogP contribution in [0.1, 0.15) is 28.1 Å². The Bertz CT molecular complexity index is 822. The molecular formula is C18H19N3O2S. The van der Waals surface area contributed by atoms with Gasteiger partial charge in [0.1, 0.15) is 0 Å². The third-order valence-corrected chi connectivity index (χ3v) is 5.18. The van der Waals surface area contributed by atoms with Crippen molar-refractivity contribution in [1.29, 1.82) is 0 Å². The summed E-state index contributed by atoms with van der Waals surface area (Å²) in [6.07, 6.45) is 5.74. The van der Waals surface area contributed by atoms with Crippen LogP contribution in [0.3, 0.4) is 0 Å². The van der Waals surface area contributed by atoms with E-state index in [4.69, 9.17) is 4.74 Å². The first kappa shape index (κ1) is 15.4. The van der Waals surface area contributed by atoms with Crippen LogP contribution in [-0.4, -0.2) is 39.7 Å². The molecule has 0 bridgehead atoms. The third kappa shape index (κ3) is 3.07. The van der Waals surface area contributed by atoms with E-state index in [2.05, 4.69) is 11.2 Å². The minimum Gasteiger partial charge on any atom is -0.376 e. The first-order valence-electron chi connectivity index (χ1n) is 8.17. The molecule has 1 aliphatic rings. The predicted molar refractivity (Wildman–Crippen MR) is 93.2 cm³/mol. The smallest absolute Gasteiger partial charge is 0.258 e. The van der Waals surface area contributed by atoms with Gasteiger partial charge in [0.15, 0.2) is 0 Å². The number of carbonyl (C=O) groups is 1. The molecule has 0 radical (unpaired) electrons. The van der Waals surface area contributed by atoms with Gasteiger partial charge in [-0.3, -0.25) is 4.79 Å². The van der Waals surface area contributed by atoms with Gasteiger partial charge in [-0.05, 0) is 36.4 Å². The molecule has 0 aromatic carbocycles. The average Bonchev–Trinajstić information content (AvgIpc) is 3.35. The Morgan fingerprint density at radius 2 is 2.33 bits per heavy atom. The van der Waals surface area contributed by atoms with E-state index in [0.717, 1.165) is 25.0 Å². The van der Waals surface area contributed by atoms with E-state index >= 15 is 0 Å². The summed E-state index contributed by atoms with van der Waals surface area (Å²) in [5.74, 6) is 0.0140. The number of pyridine rings is 1. The number of ether oxygens (including phenoxy) is 1. The fraction of sp³-hybridized carbons (Fsp3) is 0.333. The van der Waals surface area contributed by atoms with Crippen LogP contribution in [0, 0.1) is 0 Å². The van der Waals surface area contributed by atoms with Crippen molar-refractivity contribution in [2.45, 2.75) is 25.5 Å². The van der Waals surface area contributed by atoms with Gasteiger partial charge < -0.3 is 9.64 Å². The predicted octanol–water partition coefficient (Wildman–Crippen LogP) is 3.22. The number of carbonyl (C=O) groups excluding carboxylic acids is 1. The van der Waals surface area contributed by atoms with E-state index in [1.807, 2.05) is 40.7 Å². The second kappa shape index (κ2) is 6.75. The molecule has 1 atom stereocenters. The molecule has 1 saturated heterocycles. The highest BCUT2D eigenvalue weighted by Gasteiger charge is 2.25. The van der Waals surface area contributed by atoms with Gasteiger partial charge in [0.2, 0.25) is 0 Å². The van der Waals surface area contributed by atoms with Crippen molar-refractivity contribution in [2.75, 3.05) is 13.2 Å². The normalized spacial score (nSPS) is 17.4. The third-order valence-electron chi connectivity index (χ3n) is 4.32. The molecule has 0 spiro atoms. The molecule has 6 heteroatoms. The van der Waals surface area contributed by atoms with Crippen LogP contribution >= 0.6 is 11.3 Å². The molecule has 3 aromatic rings. The van der Waals surface area contributed by atoms with Crippen molar-refractivity contribution in [1.82, 2.24) is 14.5 Å². The summed E-state index contributed by atoms with van der Waals surface area (Å²) in [7, 11) is 0. The highest BCUT2D eigenvalue weighted by Crippen LogP contribution is 2.20. The van der Waals surface area contributed by atoms with Crippen molar-refractivity contribution >= 4 is 22.8 Å². The number of hydrogen-bond acceptors (Lipinski definition) is 4. The summed E-state index contributed by atoms with van der Waals surface area (Å²) in [4.78, 5) is 16.2. The second-order valence-electron chi connectivity index (χ2n) is 5.99. The lowest BCUT2D eigenvalue weighted by Crippen LogP contribution is -2.36. The van der Waals surface area contributed by atoms with Gasteiger partial charge in [0, 0.05) is 24.2 Å². The zero-order valence-electron chi connectivity index (χ0n) is 13.3. The lowest BCUT2D eigenvalue weighted by molar-refractivity contribution is 0.0511. The lowest BCUT2D eigenvalue weighted by Gasteiger charge is -2.24. The van der Waals surface area contributed by atoms with Crippen LogP contribution < -0.4 is 0 Å². The molecule has 0 saturated carbocycles. The summed E-state index contributed by atoms with van der Waals surface area (Å²) in [6, 6.07) is 9.84. The van der Waals surface area contributed by atoms with Crippen LogP contribution in [0.15, 0.2) is 48.1 Å². The number of hydrogen-bond donors (Lipinski definition) is 0. The van der Waals surface area contributed by atoms with Crippen molar-refractivity contribution in [3.05, 3.63) is 58.5 Å². The highest BCUT2D eigenvalue weighted by atomic mass is 32.1. The maximum absolute atomic E-state index is 13.2. The van der Waals surface area contributed by atoms with Gasteiger partial charge in [0.05, 0.1) is 29.9 Å². The van der Waals surface area contributed by atoms with Crippen LogP contribution in [0.5, 0.6) is 0 Å². The number of amides is 1. The molecule has 0 aliphatic carbocycles. The summed E-state index contributed by atoms with van der Waals surface area (Å²) in [5.41, 5.74) is 1.48. The summed E-state index contributed by atoms with van der Waals surface area (Å²) >= 11 is 1.67. The molecule has 5 nitrogen and oxygen atoms in total. The van der Waals surface area contributed by atoms with Gasteiger partial charge >= 0.3 is 0 Å². The molecule has 1 aliphatic heterocycles. The van der Waals surface area contributed by atoms with Crippen molar-refractivity contribution in [2.24, 2.45) is 0 Å².